The highest BCUT2D eigenvalue weighted by Crippen LogP contribution is 2.50. The smallest absolute Gasteiger partial charge is 0.335 e. The van der Waals surface area contributed by atoms with E-state index >= 15 is 0 Å². The van der Waals surface area contributed by atoms with Gasteiger partial charge in [0.2, 0.25) is 0 Å². The van der Waals surface area contributed by atoms with Crippen LogP contribution in [0.1, 0.15) is 48.0 Å². The average molecular weight is 529 g/mol. The maximum absolute atomic E-state index is 14.2. The number of aromatic carboxylic acids is 1. The maximum Gasteiger partial charge on any atom is 0.335 e. The van der Waals surface area contributed by atoms with Crippen molar-refractivity contribution in [3.8, 4) is 0 Å². The van der Waals surface area contributed by atoms with Crippen molar-refractivity contribution in [2.75, 3.05) is 16.4 Å². The van der Waals surface area contributed by atoms with E-state index in [1.165, 1.54) is 18.6 Å². The van der Waals surface area contributed by atoms with E-state index in [9.17, 15) is 18.7 Å². The molecule has 8 heteroatoms. The van der Waals surface area contributed by atoms with Crippen LogP contribution in [0.5, 0.6) is 0 Å². The van der Waals surface area contributed by atoms with Crippen LogP contribution in [0.15, 0.2) is 65.6 Å². The number of carbonyl (C=O) groups is 1. The molecule has 1 fully saturated rings. The van der Waals surface area contributed by atoms with Gasteiger partial charge < -0.3 is 15.7 Å². The molecule has 36 heavy (non-hydrogen) atoms. The Labute approximate surface area is 218 Å². The van der Waals surface area contributed by atoms with Gasteiger partial charge in [0.1, 0.15) is 5.66 Å². The van der Waals surface area contributed by atoms with Crippen molar-refractivity contribution < 1.29 is 18.7 Å². The number of hydrogen-bond acceptors (Lipinski definition) is 4. The molecule has 2 aliphatic rings. The van der Waals surface area contributed by atoms with Crippen molar-refractivity contribution in [3.63, 3.8) is 0 Å². The Morgan fingerprint density at radius 2 is 1.56 bits per heavy atom. The molecule has 0 amide bonds. The van der Waals surface area contributed by atoms with E-state index in [1.54, 1.807) is 23.9 Å². The summed E-state index contributed by atoms with van der Waals surface area (Å²) in [4.78, 5) is 12.2. The minimum Gasteiger partial charge on any atom is -0.478 e. The predicted molar refractivity (Wildman–Crippen MR) is 141 cm³/mol. The molecular weight excluding hydrogens is 502 g/mol. The Balaban J connectivity index is 1.54. The SMILES string of the molecule is O=C(O)c1ccc(SCC(C2CCCCC2)C2(c3ccc(Cl)cc3)Nc3cc(F)c(F)cc3N2)cc1. The van der Waals surface area contributed by atoms with Gasteiger partial charge in [-0.3, -0.25) is 0 Å². The highest BCUT2D eigenvalue weighted by atomic mass is 35.5. The van der Waals surface area contributed by atoms with Crippen LogP contribution in [0.2, 0.25) is 5.02 Å². The second-order valence-electron chi connectivity index (χ2n) is 9.52. The summed E-state index contributed by atoms with van der Waals surface area (Å²) in [6, 6.07) is 16.9. The zero-order chi connectivity index (χ0) is 25.3. The first-order chi connectivity index (χ1) is 17.4. The first-order valence-electron chi connectivity index (χ1n) is 12.1. The van der Waals surface area contributed by atoms with E-state index in [1.807, 2.05) is 36.4 Å². The molecule has 3 aromatic rings. The maximum atomic E-state index is 14.2. The number of rotatable bonds is 7. The lowest BCUT2D eigenvalue weighted by Crippen LogP contribution is -2.50. The van der Waals surface area contributed by atoms with Gasteiger partial charge in [-0.2, -0.15) is 0 Å². The van der Waals surface area contributed by atoms with Gasteiger partial charge in [-0.1, -0.05) is 43.0 Å². The molecule has 3 aromatic carbocycles. The first kappa shape index (κ1) is 24.9. The summed E-state index contributed by atoms with van der Waals surface area (Å²) in [7, 11) is 0. The fourth-order valence-corrected chi connectivity index (χ4v) is 6.85. The van der Waals surface area contributed by atoms with Gasteiger partial charge in [-0.05, 0) is 60.7 Å². The number of carboxylic acid groups (broad SMARTS) is 1. The lowest BCUT2D eigenvalue weighted by molar-refractivity contribution is 0.0697. The number of nitrogens with one attached hydrogen (secondary N) is 2. The number of fused-ring (bicyclic) bond motifs is 1. The molecule has 1 heterocycles. The number of thioether (sulfide) groups is 1. The Morgan fingerprint density at radius 3 is 2.11 bits per heavy atom. The van der Waals surface area contributed by atoms with E-state index < -0.39 is 23.3 Å². The lowest BCUT2D eigenvalue weighted by Gasteiger charge is -2.44. The summed E-state index contributed by atoms with van der Waals surface area (Å²) in [5.74, 6) is -1.58. The standard InChI is InChI=1S/C28H27ClF2N2O2S/c29-20-10-8-19(9-11-20)28(32-25-14-23(30)24(31)15-26(25)33-28)22(17-4-2-1-3-5-17)16-36-21-12-6-18(7-13-21)27(34)35/h6-15,17,22,32-33H,1-5,16H2,(H,34,35). The van der Waals surface area contributed by atoms with Crippen molar-refractivity contribution >= 4 is 40.7 Å². The number of halogens is 3. The third-order valence-electron chi connectivity index (χ3n) is 7.33. The monoisotopic (exact) mass is 528 g/mol. The molecule has 5 rings (SSSR count). The summed E-state index contributed by atoms with van der Waals surface area (Å²) < 4.78 is 28.4. The van der Waals surface area contributed by atoms with Crippen molar-refractivity contribution in [1.82, 2.24) is 0 Å². The second kappa shape index (κ2) is 10.3. The van der Waals surface area contributed by atoms with Crippen LogP contribution in [0.4, 0.5) is 20.2 Å². The fraction of sp³-hybridized carbons (Fsp3) is 0.321. The van der Waals surface area contributed by atoms with Crippen molar-refractivity contribution in [2.24, 2.45) is 11.8 Å². The van der Waals surface area contributed by atoms with Crippen LogP contribution in [0, 0.1) is 23.5 Å². The molecule has 0 saturated heterocycles. The van der Waals surface area contributed by atoms with Gasteiger partial charge in [0.05, 0.1) is 16.9 Å². The topological polar surface area (TPSA) is 61.4 Å². The molecule has 4 nitrogen and oxygen atoms in total. The third kappa shape index (κ3) is 4.91. The Morgan fingerprint density at radius 1 is 0.972 bits per heavy atom. The highest BCUT2D eigenvalue weighted by molar-refractivity contribution is 7.99. The quantitative estimate of drug-likeness (QED) is 0.271. The largest absolute Gasteiger partial charge is 0.478 e. The summed E-state index contributed by atoms with van der Waals surface area (Å²) in [5, 5.41) is 17.0. The third-order valence-corrected chi connectivity index (χ3v) is 8.71. The molecular formula is C28H27ClF2N2O2S. The fourth-order valence-electron chi connectivity index (χ4n) is 5.50. The van der Waals surface area contributed by atoms with Crippen molar-refractivity contribution in [3.05, 3.63) is 88.4 Å². The Hall–Kier alpha value is -2.77. The number of carboxylic acids is 1. The molecule has 0 spiro atoms. The van der Waals surface area contributed by atoms with E-state index in [2.05, 4.69) is 10.6 Å². The zero-order valence-corrected chi connectivity index (χ0v) is 21.1. The number of hydrogen-bond donors (Lipinski definition) is 3. The molecule has 3 N–H and O–H groups in total. The molecule has 1 aliphatic heterocycles. The van der Waals surface area contributed by atoms with Gasteiger partial charge in [-0.15, -0.1) is 11.8 Å². The molecule has 0 bridgehead atoms. The molecule has 0 aromatic heterocycles. The minimum atomic E-state index is -0.954. The average Bonchev–Trinajstić information content (AvgIpc) is 3.24. The molecule has 1 aliphatic carbocycles. The molecule has 188 valence electrons. The highest BCUT2D eigenvalue weighted by Gasteiger charge is 2.48. The molecule has 0 radical (unpaired) electrons. The van der Waals surface area contributed by atoms with Crippen LogP contribution in [-0.4, -0.2) is 16.8 Å². The van der Waals surface area contributed by atoms with E-state index in [0.29, 0.717) is 22.3 Å². The van der Waals surface area contributed by atoms with E-state index in [4.69, 9.17) is 11.6 Å². The molecule has 1 atom stereocenters. The van der Waals surface area contributed by atoms with Crippen LogP contribution < -0.4 is 10.6 Å². The number of anilines is 2. The van der Waals surface area contributed by atoms with Crippen LogP contribution in [0.25, 0.3) is 0 Å². The predicted octanol–water partition coefficient (Wildman–Crippen LogP) is 8.00. The summed E-state index contributed by atoms with van der Waals surface area (Å²) in [5.41, 5.74) is 1.46. The Kier molecular flexibility index (Phi) is 7.13. The lowest BCUT2D eigenvalue weighted by atomic mass is 9.72. The zero-order valence-electron chi connectivity index (χ0n) is 19.6. The minimum absolute atomic E-state index is 0.0571. The van der Waals surface area contributed by atoms with Gasteiger partial charge >= 0.3 is 5.97 Å². The second-order valence-corrected chi connectivity index (χ2v) is 11.1. The van der Waals surface area contributed by atoms with Crippen molar-refractivity contribution in [2.45, 2.75) is 42.7 Å². The van der Waals surface area contributed by atoms with Crippen LogP contribution >= 0.6 is 23.4 Å². The van der Waals surface area contributed by atoms with Crippen LogP contribution in [0.3, 0.4) is 0 Å². The van der Waals surface area contributed by atoms with Crippen molar-refractivity contribution in [1.29, 1.82) is 0 Å². The summed E-state index contributed by atoms with van der Waals surface area (Å²) >= 11 is 7.88. The van der Waals surface area contributed by atoms with Gasteiger partial charge in [-0.25, -0.2) is 13.6 Å². The van der Waals surface area contributed by atoms with Crippen LogP contribution in [-0.2, 0) is 5.66 Å². The van der Waals surface area contributed by atoms with Gasteiger partial charge in [0.15, 0.2) is 11.6 Å². The van der Waals surface area contributed by atoms with E-state index in [0.717, 1.165) is 41.9 Å². The Bertz CT molecular complexity index is 1220. The molecule has 1 saturated carbocycles. The summed E-state index contributed by atoms with van der Waals surface area (Å²) in [6.07, 6.45) is 5.64. The molecule has 1 unspecified atom stereocenters. The van der Waals surface area contributed by atoms with E-state index in [-0.39, 0.29) is 11.5 Å². The summed E-state index contributed by atoms with van der Waals surface area (Å²) in [6.45, 7) is 0. The first-order valence-corrected chi connectivity index (χ1v) is 13.5. The van der Waals surface area contributed by atoms with Gasteiger partial charge in [0.25, 0.3) is 0 Å². The number of benzene rings is 3. The normalized spacial score (nSPS) is 17.6. The van der Waals surface area contributed by atoms with Gasteiger partial charge in [0, 0.05) is 33.7 Å².